The molecule has 0 spiro atoms. The topological polar surface area (TPSA) is 91.8 Å². The number of nitrogens with zero attached hydrogens (tertiary/aromatic N) is 2. The van der Waals surface area contributed by atoms with Gasteiger partial charge in [0.2, 0.25) is 0 Å². The van der Waals surface area contributed by atoms with Crippen LogP contribution in [-0.4, -0.2) is 27.3 Å². The third-order valence-electron chi connectivity index (χ3n) is 2.94. The molecule has 2 heterocycles. The highest BCUT2D eigenvalue weighted by molar-refractivity contribution is 5.89. The number of hydrogen-bond donors (Lipinski definition) is 3. The molecule has 0 radical (unpaired) electrons. The number of aromatic amines is 1. The van der Waals surface area contributed by atoms with Crippen LogP contribution >= 0.6 is 0 Å². The molecule has 10 heteroatoms. The minimum absolute atomic E-state index is 0.244. The van der Waals surface area contributed by atoms with Gasteiger partial charge >= 0.3 is 12.2 Å². The van der Waals surface area contributed by atoms with Gasteiger partial charge in [0.1, 0.15) is 5.69 Å². The van der Waals surface area contributed by atoms with E-state index in [9.17, 15) is 22.8 Å². The number of aromatic nitrogens is 3. The molecule has 2 amide bonds. The predicted octanol–water partition coefficient (Wildman–Crippen LogP) is 1.49. The minimum Gasteiger partial charge on any atom is -0.338 e. The van der Waals surface area contributed by atoms with E-state index in [1.54, 1.807) is 24.1 Å². The highest BCUT2D eigenvalue weighted by atomic mass is 19.4. The second kappa shape index (κ2) is 6.55. The number of nitrogens with one attached hydrogen (secondary N) is 3. The van der Waals surface area contributed by atoms with Gasteiger partial charge in [-0.2, -0.15) is 18.3 Å². The van der Waals surface area contributed by atoms with Gasteiger partial charge in [-0.05, 0) is 18.1 Å². The van der Waals surface area contributed by atoms with Crippen LogP contribution in [0.2, 0.25) is 0 Å². The monoisotopic (exact) mass is 329 g/mol. The van der Waals surface area contributed by atoms with Crippen LogP contribution in [0.25, 0.3) is 0 Å². The van der Waals surface area contributed by atoms with E-state index in [4.69, 9.17) is 0 Å². The fourth-order valence-corrected chi connectivity index (χ4v) is 1.83. The summed E-state index contributed by atoms with van der Waals surface area (Å²) in [6.45, 7) is 0.244. The van der Waals surface area contributed by atoms with Crippen molar-refractivity contribution >= 4 is 11.7 Å². The van der Waals surface area contributed by atoms with Gasteiger partial charge in [0.25, 0.3) is 5.56 Å². The number of hydrogen-bond acceptors (Lipinski definition) is 3. The molecular weight excluding hydrogens is 315 g/mol. The standard InChI is InChI=1S/C13H14F3N5O2/c1-21-7-8(5-19-21)2-3-17-12(23)20-10-4-9(13(14,15)16)6-18-11(10)22/h4-7H,2-3H2,1H3,(H,18,22)(H2,17,20,23). The molecule has 0 bridgehead atoms. The quantitative estimate of drug-likeness (QED) is 0.793. The number of pyridine rings is 1. The van der Waals surface area contributed by atoms with E-state index in [1.165, 1.54) is 0 Å². The summed E-state index contributed by atoms with van der Waals surface area (Å²) in [4.78, 5) is 25.0. The Kier molecular flexibility index (Phi) is 4.72. The molecular formula is C13H14F3N5O2. The number of H-pyrrole nitrogens is 1. The van der Waals surface area contributed by atoms with Crippen LogP contribution in [0.15, 0.2) is 29.5 Å². The van der Waals surface area contributed by atoms with Gasteiger partial charge in [-0.1, -0.05) is 0 Å². The second-order valence-electron chi connectivity index (χ2n) is 4.78. The van der Waals surface area contributed by atoms with Gasteiger partial charge in [0, 0.05) is 26.0 Å². The van der Waals surface area contributed by atoms with Crippen molar-refractivity contribution in [2.45, 2.75) is 12.6 Å². The number of anilines is 1. The summed E-state index contributed by atoms with van der Waals surface area (Å²) < 4.78 is 39.3. The van der Waals surface area contributed by atoms with Gasteiger partial charge < -0.3 is 15.6 Å². The summed E-state index contributed by atoms with van der Waals surface area (Å²) in [6, 6.07) is -0.182. The van der Waals surface area contributed by atoms with Crippen LogP contribution in [-0.2, 0) is 19.6 Å². The molecule has 2 aromatic heterocycles. The lowest BCUT2D eigenvalue weighted by Crippen LogP contribution is -2.32. The minimum atomic E-state index is -4.61. The zero-order chi connectivity index (χ0) is 17.0. The smallest absolute Gasteiger partial charge is 0.338 e. The zero-order valence-corrected chi connectivity index (χ0v) is 12.1. The molecule has 0 saturated heterocycles. The van der Waals surface area contributed by atoms with Crippen LogP contribution in [0.1, 0.15) is 11.1 Å². The maximum Gasteiger partial charge on any atom is 0.417 e. The van der Waals surface area contributed by atoms with Crippen LogP contribution in [0.3, 0.4) is 0 Å². The average molecular weight is 329 g/mol. The summed E-state index contributed by atoms with van der Waals surface area (Å²) >= 11 is 0. The van der Waals surface area contributed by atoms with Crippen LogP contribution < -0.4 is 16.2 Å². The Labute approximate surface area is 128 Å². The Hall–Kier alpha value is -2.78. The Morgan fingerprint density at radius 3 is 2.78 bits per heavy atom. The number of aryl methyl sites for hydroxylation is 1. The van der Waals surface area contributed by atoms with Crippen molar-refractivity contribution in [3.05, 3.63) is 46.1 Å². The normalized spacial score (nSPS) is 11.3. The maximum absolute atomic E-state index is 12.6. The van der Waals surface area contributed by atoms with Gasteiger partial charge in [-0.25, -0.2) is 4.79 Å². The Balaban J connectivity index is 1.93. The first-order chi connectivity index (χ1) is 10.8. The fourth-order valence-electron chi connectivity index (χ4n) is 1.83. The molecule has 2 rings (SSSR count). The largest absolute Gasteiger partial charge is 0.417 e. The lowest BCUT2D eigenvalue weighted by Gasteiger charge is -2.09. The fraction of sp³-hybridized carbons (Fsp3) is 0.308. The predicted molar refractivity (Wildman–Crippen MR) is 76.0 cm³/mol. The second-order valence-corrected chi connectivity index (χ2v) is 4.78. The van der Waals surface area contributed by atoms with Crippen molar-refractivity contribution < 1.29 is 18.0 Å². The van der Waals surface area contributed by atoms with Gasteiger partial charge in [0.05, 0.1) is 11.8 Å². The number of urea groups is 1. The molecule has 0 saturated carbocycles. The molecule has 2 aromatic rings. The number of carbonyl (C=O) groups is 1. The number of carbonyl (C=O) groups excluding carboxylic acids is 1. The lowest BCUT2D eigenvalue weighted by atomic mass is 10.2. The molecule has 0 aliphatic rings. The van der Waals surface area contributed by atoms with Crippen molar-refractivity contribution in [1.82, 2.24) is 20.1 Å². The zero-order valence-electron chi connectivity index (χ0n) is 12.1. The van der Waals surface area contributed by atoms with E-state index in [0.29, 0.717) is 18.7 Å². The summed E-state index contributed by atoms with van der Waals surface area (Å²) in [5.74, 6) is 0. The van der Waals surface area contributed by atoms with Crippen LogP contribution in [0, 0.1) is 0 Å². The molecule has 0 aromatic carbocycles. The van der Waals surface area contributed by atoms with Crippen molar-refractivity contribution in [3.63, 3.8) is 0 Å². The first-order valence-electron chi connectivity index (χ1n) is 6.58. The third kappa shape index (κ3) is 4.59. The molecule has 124 valence electrons. The van der Waals surface area contributed by atoms with E-state index in [-0.39, 0.29) is 6.54 Å². The summed E-state index contributed by atoms with van der Waals surface area (Å²) in [5, 5.41) is 8.52. The molecule has 0 aliphatic heterocycles. The molecule has 23 heavy (non-hydrogen) atoms. The first kappa shape index (κ1) is 16.6. The van der Waals surface area contributed by atoms with E-state index in [1.807, 2.05) is 4.98 Å². The molecule has 7 nitrogen and oxygen atoms in total. The average Bonchev–Trinajstić information content (AvgIpc) is 2.85. The van der Waals surface area contributed by atoms with Crippen molar-refractivity contribution in [2.24, 2.45) is 7.05 Å². The lowest BCUT2D eigenvalue weighted by molar-refractivity contribution is -0.137. The summed E-state index contributed by atoms with van der Waals surface area (Å²) in [6.07, 6.45) is -0.153. The third-order valence-corrected chi connectivity index (χ3v) is 2.94. The molecule has 0 aliphatic carbocycles. The summed E-state index contributed by atoms with van der Waals surface area (Å²) in [5.41, 5.74) is -1.45. The number of halogens is 3. The maximum atomic E-state index is 12.6. The Morgan fingerprint density at radius 2 is 2.17 bits per heavy atom. The molecule has 0 fully saturated rings. The SMILES string of the molecule is Cn1cc(CCNC(=O)Nc2cc(C(F)(F)F)c[nH]c2=O)cn1. The molecule has 3 N–H and O–H groups in total. The number of alkyl halides is 3. The molecule has 0 atom stereocenters. The van der Waals surface area contributed by atoms with E-state index < -0.39 is 29.0 Å². The van der Waals surface area contributed by atoms with Gasteiger partial charge in [-0.15, -0.1) is 0 Å². The van der Waals surface area contributed by atoms with E-state index >= 15 is 0 Å². The van der Waals surface area contributed by atoms with E-state index in [0.717, 1.165) is 5.56 Å². The van der Waals surface area contributed by atoms with Crippen molar-refractivity contribution in [3.8, 4) is 0 Å². The van der Waals surface area contributed by atoms with E-state index in [2.05, 4.69) is 15.7 Å². The first-order valence-corrected chi connectivity index (χ1v) is 6.58. The van der Waals surface area contributed by atoms with Crippen molar-refractivity contribution in [1.29, 1.82) is 0 Å². The van der Waals surface area contributed by atoms with Gasteiger partial charge in [0.15, 0.2) is 0 Å². The number of rotatable bonds is 4. The van der Waals surface area contributed by atoms with Crippen molar-refractivity contribution in [2.75, 3.05) is 11.9 Å². The van der Waals surface area contributed by atoms with Crippen LogP contribution in [0.5, 0.6) is 0 Å². The highest BCUT2D eigenvalue weighted by Gasteiger charge is 2.31. The highest BCUT2D eigenvalue weighted by Crippen LogP contribution is 2.28. The summed E-state index contributed by atoms with van der Waals surface area (Å²) in [7, 11) is 1.75. The van der Waals surface area contributed by atoms with Crippen LogP contribution in [0.4, 0.5) is 23.7 Å². The molecule has 0 unspecified atom stereocenters. The Bertz CT molecular complexity index is 751. The Morgan fingerprint density at radius 1 is 1.43 bits per heavy atom. The van der Waals surface area contributed by atoms with Gasteiger partial charge in [-0.3, -0.25) is 9.48 Å². The number of amides is 2.